The fourth-order valence-corrected chi connectivity index (χ4v) is 5.11. The zero-order chi connectivity index (χ0) is 13.1. The molecule has 3 atom stereocenters. The third-order valence-electron chi connectivity index (χ3n) is 4.49. The molecule has 0 spiro atoms. The van der Waals surface area contributed by atoms with E-state index >= 15 is 0 Å². The van der Waals surface area contributed by atoms with Crippen molar-refractivity contribution >= 4 is 11.8 Å². The van der Waals surface area contributed by atoms with Crippen LogP contribution in [0.4, 0.5) is 0 Å². The minimum absolute atomic E-state index is 0.617. The van der Waals surface area contributed by atoms with E-state index in [9.17, 15) is 0 Å². The number of nitrogens with zero attached hydrogens (tertiary/aromatic N) is 1. The quantitative estimate of drug-likeness (QED) is 0.912. The summed E-state index contributed by atoms with van der Waals surface area (Å²) in [5, 5.41) is 4.56. The van der Waals surface area contributed by atoms with Gasteiger partial charge in [-0.25, -0.2) is 0 Å². The van der Waals surface area contributed by atoms with Gasteiger partial charge in [0.1, 0.15) is 0 Å². The number of hydrogen-bond donors (Lipinski definition) is 1. The monoisotopic (exact) mass is 276 g/mol. The molecule has 2 nitrogen and oxygen atoms in total. The Morgan fingerprint density at radius 2 is 2.37 bits per heavy atom. The fraction of sp³-hybridized carbons (Fsp3) is 0.688. The summed E-state index contributed by atoms with van der Waals surface area (Å²) in [6.07, 6.45) is 8.64. The number of nitrogens with one attached hydrogen (secondary N) is 1. The van der Waals surface area contributed by atoms with Gasteiger partial charge in [0.2, 0.25) is 0 Å². The van der Waals surface area contributed by atoms with Gasteiger partial charge in [0.05, 0.1) is 0 Å². The van der Waals surface area contributed by atoms with Gasteiger partial charge in [0.25, 0.3) is 0 Å². The van der Waals surface area contributed by atoms with Crippen LogP contribution < -0.4 is 5.32 Å². The van der Waals surface area contributed by atoms with Gasteiger partial charge < -0.3 is 5.32 Å². The smallest absolute Gasteiger partial charge is 0.0482 e. The Morgan fingerprint density at radius 1 is 1.42 bits per heavy atom. The number of fused-ring (bicyclic) bond motifs is 1. The molecule has 1 fully saturated rings. The molecule has 0 aromatic carbocycles. The molecule has 0 bridgehead atoms. The average Bonchev–Trinajstić information content (AvgIpc) is 2.89. The summed E-state index contributed by atoms with van der Waals surface area (Å²) < 4.78 is 0. The minimum Gasteiger partial charge on any atom is -0.312 e. The van der Waals surface area contributed by atoms with E-state index < -0.39 is 0 Å². The Labute approximate surface area is 120 Å². The highest BCUT2D eigenvalue weighted by atomic mass is 32.2. The summed E-state index contributed by atoms with van der Waals surface area (Å²) in [4.78, 5) is 4.69. The summed E-state index contributed by atoms with van der Waals surface area (Å²) in [5.41, 5.74) is 2.86. The van der Waals surface area contributed by atoms with Gasteiger partial charge in [0, 0.05) is 29.1 Å². The molecule has 1 aliphatic heterocycles. The van der Waals surface area contributed by atoms with Crippen LogP contribution >= 0.6 is 11.8 Å². The van der Waals surface area contributed by atoms with Gasteiger partial charge in [0.15, 0.2) is 0 Å². The molecule has 3 heteroatoms. The number of hydrogen-bond acceptors (Lipinski definition) is 3. The standard InChI is InChI=1S/C16H24N2S/c1-2-17-16(14-7-3-4-11-19-14)13-9-8-12-6-5-10-18-15(12)13/h5-6,10,13-14,16-17H,2-4,7-9,11H2,1H3. The first-order chi connectivity index (χ1) is 9.40. The zero-order valence-corrected chi connectivity index (χ0v) is 12.6. The molecule has 1 aromatic rings. The van der Waals surface area contributed by atoms with Crippen LogP contribution in [-0.2, 0) is 6.42 Å². The van der Waals surface area contributed by atoms with Crippen LogP contribution in [0.3, 0.4) is 0 Å². The Kier molecular flexibility index (Phi) is 4.44. The van der Waals surface area contributed by atoms with Gasteiger partial charge >= 0.3 is 0 Å². The number of rotatable bonds is 4. The number of pyridine rings is 1. The number of thioether (sulfide) groups is 1. The van der Waals surface area contributed by atoms with Crippen LogP contribution in [0.15, 0.2) is 18.3 Å². The van der Waals surface area contributed by atoms with E-state index in [0.717, 1.165) is 11.8 Å². The molecule has 1 saturated heterocycles. The zero-order valence-electron chi connectivity index (χ0n) is 11.8. The van der Waals surface area contributed by atoms with Crippen molar-refractivity contribution in [3.8, 4) is 0 Å². The summed E-state index contributed by atoms with van der Waals surface area (Å²) in [7, 11) is 0. The lowest BCUT2D eigenvalue weighted by molar-refractivity contribution is 0.400. The van der Waals surface area contributed by atoms with Crippen molar-refractivity contribution in [1.29, 1.82) is 0 Å². The normalized spacial score (nSPS) is 28.1. The molecule has 1 aromatic heterocycles. The van der Waals surface area contributed by atoms with Crippen LogP contribution in [0.5, 0.6) is 0 Å². The molecule has 0 saturated carbocycles. The summed E-state index contributed by atoms with van der Waals surface area (Å²) in [5.74, 6) is 1.97. The molecule has 1 aliphatic carbocycles. The largest absolute Gasteiger partial charge is 0.312 e. The van der Waals surface area contributed by atoms with E-state index in [1.54, 1.807) is 0 Å². The highest BCUT2D eigenvalue weighted by Crippen LogP contribution is 2.39. The van der Waals surface area contributed by atoms with E-state index in [-0.39, 0.29) is 0 Å². The summed E-state index contributed by atoms with van der Waals surface area (Å²) >= 11 is 2.18. The third-order valence-corrected chi connectivity index (χ3v) is 5.97. The maximum atomic E-state index is 4.69. The lowest BCUT2D eigenvalue weighted by atomic mass is 9.91. The van der Waals surface area contributed by atoms with E-state index in [1.807, 2.05) is 6.20 Å². The minimum atomic E-state index is 0.617. The topological polar surface area (TPSA) is 24.9 Å². The van der Waals surface area contributed by atoms with Crippen molar-refractivity contribution in [1.82, 2.24) is 10.3 Å². The molecule has 1 N–H and O–H groups in total. The molecule has 2 aliphatic rings. The average molecular weight is 276 g/mol. The number of aromatic nitrogens is 1. The Bertz CT molecular complexity index is 415. The fourth-order valence-electron chi connectivity index (χ4n) is 3.61. The predicted molar refractivity (Wildman–Crippen MR) is 82.9 cm³/mol. The highest BCUT2D eigenvalue weighted by molar-refractivity contribution is 8.00. The van der Waals surface area contributed by atoms with E-state index in [1.165, 1.54) is 49.1 Å². The van der Waals surface area contributed by atoms with Gasteiger partial charge in [-0.15, -0.1) is 0 Å². The van der Waals surface area contributed by atoms with Gasteiger partial charge in [-0.05, 0) is 49.6 Å². The second-order valence-corrected chi connectivity index (χ2v) is 7.03. The molecule has 104 valence electrons. The van der Waals surface area contributed by atoms with Crippen LogP contribution in [0.2, 0.25) is 0 Å². The molecule has 2 heterocycles. The predicted octanol–water partition coefficient (Wildman–Crippen LogP) is 3.38. The van der Waals surface area contributed by atoms with Crippen LogP contribution in [0.1, 0.15) is 49.8 Å². The van der Waals surface area contributed by atoms with Crippen molar-refractivity contribution in [3.63, 3.8) is 0 Å². The van der Waals surface area contributed by atoms with E-state index in [2.05, 4.69) is 41.1 Å². The van der Waals surface area contributed by atoms with Crippen molar-refractivity contribution in [2.24, 2.45) is 0 Å². The third kappa shape index (κ3) is 2.82. The molecule has 3 rings (SSSR count). The second-order valence-electron chi connectivity index (χ2n) is 5.68. The number of likely N-dealkylation sites (N-methyl/N-ethyl adjacent to an activating group) is 1. The first kappa shape index (κ1) is 13.4. The Hall–Kier alpha value is -0.540. The van der Waals surface area contributed by atoms with Gasteiger partial charge in [-0.3, -0.25) is 4.98 Å². The molecular weight excluding hydrogens is 252 g/mol. The van der Waals surface area contributed by atoms with Crippen molar-refractivity contribution in [2.75, 3.05) is 12.3 Å². The molecular formula is C16H24N2S. The van der Waals surface area contributed by atoms with Crippen LogP contribution in [0, 0.1) is 0 Å². The SMILES string of the molecule is CCNC(C1CCCCS1)C1CCc2cccnc21. The van der Waals surface area contributed by atoms with Crippen molar-refractivity contribution in [2.45, 2.75) is 56.2 Å². The van der Waals surface area contributed by atoms with Crippen molar-refractivity contribution < 1.29 is 0 Å². The molecule has 0 radical (unpaired) electrons. The van der Waals surface area contributed by atoms with Gasteiger partial charge in [-0.2, -0.15) is 11.8 Å². The van der Waals surface area contributed by atoms with Crippen molar-refractivity contribution in [3.05, 3.63) is 29.6 Å². The summed E-state index contributed by atoms with van der Waals surface area (Å²) in [6, 6.07) is 4.96. The van der Waals surface area contributed by atoms with Crippen LogP contribution in [-0.4, -0.2) is 28.6 Å². The first-order valence-corrected chi connectivity index (χ1v) is 8.74. The molecule has 19 heavy (non-hydrogen) atoms. The lowest BCUT2D eigenvalue weighted by Gasteiger charge is -2.34. The maximum Gasteiger partial charge on any atom is 0.0482 e. The summed E-state index contributed by atoms with van der Waals surface area (Å²) in [6.45, 7) is 3.30. The maximum absolute atomic E-state index is 4.69. The Balaban J connectivity index is 1.80. The van der Waals surface area contributed by atoms with Crippen LogP contribution in [0.25, 0.3) is 0 Å². The Morgan fingerprint density at radius 3 is 3.16 bits per heavy atom. The molecule has 0 amide bonds. The van der Waals surface area contributed by atoms with E-state index in [0.29, 0.717) is 12.0 Å². The van der Waals surface area contributed by atoms with Gasteiger partial charge in [-0.1, -0.05) is 19.4 Å². The molecule has 3 unspecified atom stereocenters. The number of aryl methyl sites for hydroxylation is 1. The second kappa shape index (κ2) is 6.27. The lowest BCUT2D eigenvalue weighted by Crippen LogP contribution is -2.43. The highest BCUT2D eigenvalue weighted by Gasteiger charge is 2.35. The first-order valence-electron chi connectivity index (χ1n) is 7.69. The van der Waals surface area contributed by atoms with E-state index in [4.69, 9.17) is 0 Å².